The lowest BCUT2D eigenvalue weighted by Gasteiger charge is -2.09. The third-order valence-electron chi connectivity index (χ3n) is 3.48. The van der Waals surface area contributed by atoms with Gasteiger partial charge in [-0.25, -0.2) is 4.79 Å². The summed E-state index contributed by atoms with van der Waals surface area (Å²) in [7, 11) is 0. The molecule has 7 heteroatoms. The van der Waals surface area contributed by atoms with Crippen LogP contribution in [0.15, 0.2) is 65.8 Å². The fourth-order valence-corrected chi connectivity index (χ4v) is 2.29. The van der Waals surface area contributed by atoms with Crippen molar-refractivity contribution in [2.75, 3.05) is 6.61 Å². The van der Waals surface area contributed by atoms with Crippen LogP contribution in [0, 0.1) is 0 Å². The third-order valence-corrected chi connectivity index (χ3v) is 3.57. The molecule has 1 amide bonds. The van der Waals surface area contributed by atoms with Crippen LogP contribution in [0.1, 0.15) is 24.0 Å². The molecule has 6 nitrogen and oxygen atoms in total. The molecule has 0 aliphatic rings. The highest BCUT2D eigenvalue weighted by atomic mass is 32.1. The van der Waals surface area contributed by atoms with Gasteiger partial charge in [-0.2, -0.15) is 5.10 Å². The first kappa shape index (κ1) is 19.4. The average molecular weight is 370 g/mol. The van der Waals surface area contributed by atoms with Gasteiger partial charge < -0.3 is 15.8 Å². The Bertz CT molecular complexity index is 736. The second-order valence-corrected chi connectivity index (χ2v) is 5.92. The van der Waals surface area contributed by atoms with Crippen molar-refractivity contribution in [1.29, 1.82) is 0 Å². The van der Waals surface area contributed by atoms with Crippen LogP contribution in [0.5, 0.6) is 0 Å². The minimum Gasteiger partial charge on any atom is -0.450 e. The lowest BCUT2D eigenvalue weighted by atomic mass is 10.1. The molecule has 2 aromatic rings. The highest BCUT2D eigenvalue weighted by molar-refractivity contribution is 7.80. The van der Waals surface area contributed by atoms with Gasteiger partial charge in [0.1, 0.15) is 0 Å². The predicted molar refractivity (Wildman–Crippen MR) is 107 cm³/mol. The summed E-state index contributed by atoms with van der Waals surface area (Å²) in [6, 6.07) is 19.4. The van der Waals surface area contributed by atoms with E-state index in [4.69, 9.17) is 22.7 Å². The van der Waals surface area contributed by atoms with Crippen LogP contribution < -0.4 is 16.5 Å². The molecule has 0 unspecified atom stereocenters. The van der Waals surface area contributed by atoms with E-state index in [1.165, 1.54) is 0 Å². The van der Waals surface area contributed by atoms with Gasteiger partial charge in [0.25, 0.3) is 0 Å². The minimum absolute atomic E-state index is 0.106. The molecule has 0 fully saturated rings. The number of carbonyl (C=O) groups is 1. The van der Waals surface area contributed by atoms with Crippen molar-refractivity contribution in [3.8, 4) is 0 Å². The second-order valence-electron chi connectivity index (χ2n) is 5.48. The molecule has 4 N–H and O–H groups in total. The summed E-state index contributed by atoms with van der Waals surface area (Å²) in [5, 5.41) is 7.06. The minimum atomic E-state index is -0.437. The molecule has 0 atom stereocenters. The van der Waals surface area contributed by atoms with Gasteiger partial charge in [0, 0.05) is 6.54 Å². The standard InChI is InChI=1S/C19H22N4O2S/c20-18(26)23-22-17(16-10-5-2-6-11-16)12-7-13-25-19(24)21-14-15-8-3-1-4-9-15/h1-6,8-11H,7,12-14H2,(H,21,24)(H3,20,23,26)/b22-17+. The van der Waals surface area contributed by atoms with E-state index in [1.54, 1.807) is 0 Å². The van der Waals surface area contributed by atoms with Gasteiger partial charge in [0.05, 0.1) is 12.3 Å². The molecule has 136 valence electrons. The maximum Gasteiger partial charge on any atom is 0.407 e. The van der Waals surface area contributed by atoms with Gasteiger partial charge in [0.15, 0.2) is 5.11 Å². The highest BCUT2D eigenvalue weighted by Gasteiger charge is 2.06. The van der Waals surface area contributed by atoms with E-state index < -0.39 is 6.09 Å². The number of carbonyl (C=O) groups excluding carboxylic acids is 1. The summed E-state index contributed by atoms with van der Waals surface area (Å²) in [5.41, 5.74) is 10.8. The zero-order valence-corrected chi connectivity index (χ0v) is 15.2. The second kappa shape index (κ2) is 10.8. The van der Waals surface area contributed by atoms with E-state index in [9.17, 15) is 4.79 Å². The van der Waals surface area contributed by atoms with Crippen molar-refractivity contribution >= 4 is 29.1 Å². The number of ether oxygens (including phenoxy) is 1. The van der Waals surface area contributed by atoms with Crippen molar-refractivity contribution in [3.63, 3.8) is 0 Å². The van der Waals surface area contributed by atoms with Crippen LogP contribution in [0.4, 0.5) is 4.79 Å². The molecular weight excluding hydrogens is 348 g/mol. The third kappa shape index (κ3) is 7.31. The molecule has 0 radical (unpaired) electrons. The number of hydrazone groups is 1. The van der Waals surface area contributed by atoms with E-state index in [0.29, 0.717) is 26.0 Å². The van der Waals surface area contributed by atoms with Crippen molar-refractivity contribution < 1.29 is 9.53 Å². The van der Waals surface area contributed by atoms with E-state index in [2.05, 4.69) is 15.8 Å². The zero-order chi connectivity index (χ0) is 18.6. The molecule has 0 aliphatic carbocycles. The first-order valence-corrected chi connectivity index (χ1v) is 8.68. The van der Waals surface area contributed by atoms with Crippen molar-refractivity contribution in [2.45, 2.75) is 19.4 Å². The van der Waals surface area contributed by atoms with Crippen molar-refractivity contribution in [3.05, 3.63) is 71.8 Å². The molecular formula is C19H22N4O2S. The fraction of sp³-hybridized carbons (Fsp3) is 0.211. The topological polar surface area (TPSA) is 88.7 Å². The Morgan fingerprint density at radius 1 is 1.08 bits per heavy atom. The molecule has 26 heavy (non-hydrogen) atoms. The lowest BCUT2D eigenvalue weighted by molar-refractivity contribution is 0.145. The Hall–Kier alpha value is -2.93. The Balaban J connectivity index is 1.75. The maximum absolute atomic E-state index is 11.7. The molecule has 2 rings (SSSR count). The van der Waals surface area contributed by atoms with Gasteiger partial charge in [-0.15, -0.1) is 0 Å². The summed E-state index contributed by atoms with van der Waals surface area (Å²) < 4.78 is 5.20. The average Bonchev–Trinajstić information content (AvgIpc) is 2.67. The first-order chi connectivity index (χ1) is 12.6. The molecule has 0 aromatic heterocycles. The predicted octanol–water partition coefficient (Wildman–Crippen LogP) is 2.93. The molecule has 2 aromatic carbocycles. The molecule has 0 heterocycles. The normalized spacial score (nSPS) is 10.8. The van der Waals surface area contributed by atoms with Crippen molar-refractivity contribution in [1.82, 2.24) is 10.7 Å². The maximum atomic E-state index is 11.7. The van der Waals surface area contributed by atoms with Gasteiger partial charge in [-0.3, -0.25) is 5.43 Å². The Morgan fingerprint density at radius 2 is 1.73 bits per heavy atom. The highest BCUT2D eigenvalue weighted by Crippen LogP contribution is 2.07. The number of nitrogens with one attached hydrogen (secondary N) is 2. The Labute approximate surface area is 158 Å². The number of hydrogen-bond acceptors (Lipinski definition) is 4. The smallest absolute Gasteiger partial charge is 0.407 e. The Kier molecular flexibility index (Phi) is 8.08. The van der Waals surface area contributed by atoms with Crippen LogP contribution in [-0.2, 0) is 11.3 Å². The molecule has 0 aliphatic heterocycles. The van der Waals surface area contributed by atoms with Gasteiger partial charge >= 0.3 is 6.09 Å². The van der Waals surface area contributed by atoms with Crippen molar-refractivity contribution in [2.24, 2.45) is 10.8 Å². The summed E-state index contributed by atoms with van der Waals surface area (Å²) in [5.74, 6) is 0. The number of alkyl carbamates (subject to hydrolysis) is 1. The SMILES string of the molecule is NC(=S)N/N=C(\CCCOC(=O)NCc1ccccc1)c1ccccc1. The van der Waals surface area contributed by atoms with Gasteiger partial charge in [-0.05, 0) is 36.2 Å². The molecule has 0 saturated carbocycles. The van der Waals surface area contributed by atoms with Gasteiger partial charge in [0.2, 0.25) is 0 Å². The van der Waals surface area contributed by atoms with Crippen LogP contribution >= 0.6 is 12.2 Å². The number of nitrogens with zero attached hydrogens (tertiary/aromatic N) is 1. The van der Waals surface area contributed by atoms with E-state index in [0.717, 1.165) is 16.8 Å². The zero-order valence-electron chi connectivity index (χ0n) is 14.4. The monoisotopic (exact) mass is 370 g/mol. The molecule has 0 spiro atoms. The number of nitrogens with two attached hydrogens (primary N) is 1. The molecule has 0 saturated heterocycles. The summed E-state index contributed by atoms with van der Waals surface area (Å²) in [6.07, 6.45) is 0.810. The first-order valence-electron chi connectivity index (χ1n) is 8.27. The van der Waals surface area contributed by atoms with E-state index in [-0.39, 0.29) is 5.11 Å². The fourth-order valence-electron chi connectivity index (χ4n) is 2.24. The Morgan fingerprint density at radius 3 is 2.38 bits per heavy atom. The number of rotatable bonds is 8. The van der Waals surface area contributed by atoms with Gasteiger partial charge in [-0.1, -0.05) is 60.7 Å². The largest absolute Gasteiger partial charge is 0.450 e. The van der Waals surface area contributed by atoms with Crippen LogP contribution in [0.3, 0.4) is 0 Å². The van der Waals surface area contributed by atoms with E-state index >= 15 is 0 Å². The summed E-state index contributed by atoms with van der Waals surface area (Å²) in [6.45, 7) is 0.730. The van der Waals surface area contributed by atoms with Crippen LogP contribution in [-0.4, -0.2) is 23.5 Å². The number of benzene rings is 2. The van der Waals surface area contributed by atoms with Crippen LogP contribution in [0.25, 0.3) is 0 Å². The quantitative estimate of drug-likeness (QED) is 0.288. The summed E-state index contributed by atoms with van der Waals surface area (Å²) in [4.78, 5) is 11.7. The lowest BCUT2D eigenvalue weighted by Crippen LogP contribution is -2.26. The molecule has 0 bridgehead atoms. The number of thiocarbonyl (C=S) groups is 1. The summed E-state index contributed by atoms with van der Waals surface area (Å²) >= 11 is 4.78. The number of amides is 1. The van der Waals surface area contributed by atoms with Crippen LogP contribution in [0.2, 0.25) is 0 Å². The number of hydrogen-bond donors (Lipinski definition) is 3. The van der Waals surface area contributed by atoms with E-state index in [1.807, 2.05) is 60.7 Å².